The number of aliphatic hydroxyl groups is 1. The number of β-amino-alcohol motifs (C(OH)–C–C–N with tert-alkyl or cyclic N) is 1. The fourth-order valence-corrected chi connectivity index (χ4v) is 4.70. The molecule has 2 heterocycles. The highest BCUT2D eigenvalue weighted by Gasteiger charge is 2.32. The Bertz CT molecular complexity index is 1000. The first kappa shape index (κ1) is 23.2. The number of amides is 1. The van der Waals surface area contributed by atoms with E-state index in [4.69, 9.17) is 4.74 Å². The highest BCUT2D eigenvalue weighted by atomic mass is 16.6. The molecule has 176 valence electrons. The van der Waals surface area contributed by atoms with E-state index < -0.39 is 0 Å². The van der Waals surface area contributed by atoms with Gasteiger partial charge < -0.3 is 15.2 Å². The molecule has 2 aromatic carbocycles. The third kappa shape index (κ3) is 5.32. The quantitative estimate of drug-likeness (QED) is 0.405. The van der Waals surface area contributed by atoms with Crippen molar-refractivity contribution in [3.8, 4) is 5.75 Å². The van der Waals surface area contributed by atoms with E-state index in [1.165, 1.54) is 6.07 Å². The zero-order valence-electron chi connectivity index (χ0n) is 18.8. The van der Waals surface area contributed by atoms with E-state index in [0.717, 1.165) is 24.9 Å². The number of quaternary nitrogens is 1. The summed E-state index contributed by atoms with van der Waals surface area (Å²) in [4.78, 5) is 27.0. The van der Waals surface area contributed by atoms with E-state index in [2.05, 4.69) is 10.2 Å². The van der Waals surface area contributed by atoms with Gasteiger partial charge in [-0.05, 0) is 25.3 Å². The Morgan fingerprint density at radius 1 is 1.33 bits per heavy atom. The summed E-state index contributed by atoms with van der Waals surface area (Å²) in [5.74, 6) is 0.363. The summed E-state index contributed by atoms with van der Waals surface area (Å²) in [5.41, 5.74) is 2.38. The standard InChI is InChI=1S/C24H30N4O5/c1-26(21(17-6-3-2-4-7-17)15-27-13-11-18(29)14-27)23(30)16-33-22-10-9-20(28(31)32)19-8-5-12-25-24(19)22/h2-4,6-7,9-10,18,21,25,29H,5,8,11-16H2,1H3/p+1/t18-,21?/m0/s1. The molecule has 2 unspecified atom stereocenters. The number of carbonyl (C=O) groups excluding carboxylic acids is 1. The van der Waals surface area contributed by atoms with Gasteiger partial charge in [0.25, 0.3) is 5.69 Å². The molecule has 9 heteroatoms. The number of anilines is 1. The first-order valence-corrected chi connectivity index (χ1v) is 11.4. The molecule has 0 saturated carbocycles. The molecule has 2 aromatic rings. The van der Waals surface area contributed by atoms with Gasteiger partial charge in [-0.1, -0.05) is 30.3 Å². The molecule has 4 rings (SSSR count). The van der Waals surface area contributed by atoms with Crippen LogP contribution >= 0.6 is 0 Å². The maximum absolute atomic E-state index is 13.2. The molecule has 2 aliphatic rings. The molecule has 0 spiro atoms. The Hall–Kier alpha value is -3.01. The molecule has 1 fully saturated rings. The van der Waals surface area contributed by atoms with Crippen molar-refractivity contribution in [1.29, 1.82) is 0 Å². The molecule has 9 nitrogen and oxygen atoms in total. The Morgan fingerprint density at radius 3 is 2.82 bits per heavy atom. The number of nitrogens with one attached hydrogen (secondary N) is 2. The summed E-state index contributed by atoms with van der Waals surface area (Å²) in [5, 5.41) is 24.5. The average molecular weight is 456 g/mol. The molecule has 0 bridgehead atoms. The largest absolute Gasteiger partial charge is 0.477 e. The second-order valence-electron chi connectivity index (χ2n) is 8.78. The Labute approximate surface area is 193 Å². The zero-order chi connectivity index (χ0) is 23.4. The maximum Gasteiger partial charge on any atom is 0.350 e. The summed E-state index contributed by atoms with van der Waals surface area (Å²) in [6.07, 6.45) is 1.84. The highest BCUT2D eigenvalue weighted by molar-refractivity contribution is 5.72. The van der Waals surface area contributed by atoms with Crippen LogP contribution in [0.25, 0.3) is 0 Å². The number of fused-ring (bicyclic) bond motifs is 1. The van der Waals surface area contributed by atoms with Crippen molar-refractivity contribution in [2.45, 2.75) is 31.4 Å². The van der Waals surface area contributed by atoms with Crippen molar-refractivity contribution in [3.63, 3.8) is 0 Å². The van der Waals surface area contributed by atoms with E-state index in [-0.39, 0.29) is 35.3 Å². The summed E-state index contributed by atoms with van der Waals surface area (Å²) >= 11 is 0. The number of carbonyl (C=O) groups is 1. The van der Waals surface area contributed by atoms with Crippen molar-refractivity contribution < 1.29 is 24.5 Å². The van der Waals surface area contributed by atoms with Gasteiger partial charge in [-0.3, -0.25) is 19.9 Å². The van der Waals surface area contributed by atoms with Gasteiger partial charge >= 0.3 is 5.91 Å². The van der Waals surface area contributed by atoms with Crippen molar-refractivity contribution in [3.05, 3.63) is 63.7 Å². The molecular weight excluding hydrogens is 424 g/mol. The highest BCUT2D eigenvalue weighted by Crippen LogP contribution is 2.38. The SMILES string of the molecule is C[NH+](C(=O)COc1ccc([N+](=O)[O-])c2c1NCCC2)C(CN1CC[C@H](O)C1)c1ccccc1. The number of benzene rings is 2. The van der Waals surface area contributed by atoms with Crippen LogP contribution in [0.1, 0.15) is 30.0 Å². The summed E-state index contributed by atoms with van der Waals surface area (Å²) in [6, 6.07) is 12.8. The van der Waals surface area contributed by atoms with Crippen LogP contribution in [0.2, 0.25) is 0 Å². The Balaban J connectivity index is 1.48. The van der Waals surface area contributed by atoms with E-state index in [1.54, 1.807) is 6.07 Å². The maximum atomic E-state index is 13.2. The fraction of sp³-hybridized carbons (Fsp3) is 0.458. The predicted octanol–water partition coefficient (Wildman–Crippen LogP) is 1.18. The number of ether oxygens (including phenoxy) is 1. The summed E-state index contributed by atoms with van der Waals surface area (Å²) < 4.78 is 5.89. The third-order valence-corrected chi connectivity index (χ3v) is 6.56. The van der Waals surface area contributed by atoms with Crippen molar-refractivity contribution in [2.24, 2.45) is 0 Å². The number of hydrogen-bond donors (Lipinski definition) is 3. The zero-order valence-corrected chi connectivity index (χ0v) is 18.8. The van der Waals surface area contributed by atoms with Gasteiger partial charge in [0.2, 0.25) is 6.61 Å². The number of hydrogen-bond acceptors (Lipinski definition) is 7. The van der Waals surface area contributed by atoms with E-state index >= 15 is 0 Å². The molecular formula is C24H31N4O5+. The Kier molecular flexibility index (Phi) is 7.22. The van der Waals surface area contributed by atoms with Crippen LogP contribution in [0, 0.1) is 10.1 Å². The number of likely N-dealkylation sites (N-methyl/N-ethyl adjacent to an activating group) is 1. The number of rotatable bonds is 8. The first-order chi connectivity index (χ1) is 15.9. The molecule has 33 heavy (non-hydrogen) atoms. The van der Waals surface area contributed by atoms with Crippen LogP contribution in [-0.2, 0) is 11.2 Å². The molecule has 0 aromatic heterocycles. The third-order valence-electron chi connectivity index (χ3n) is 6.56. The minimum Gasteiger partial charge on any atom is -0.477 e. The normalized spacial score (nSPS) is 19.9. The second kappa shape index (κ2) is 10.3. The second-order valence-corrected chi connectivity index (χ2v) is 8.78. The van der Waals surface area contributed by atoms with E-state index in [1.807, 2.05) is 37.4 Å². The van der Waals surface area contributed by atoms with Gasteiger partial charge in [0, 0.05) is 31.3 Å². The smallest absolute Gasteiger partial charge is 0.350 e. The monoisotopic (exact) mass is 455 g/mol. The topological polar surface area (TPSA) is 109 Å². The lowest BCUT2D eigenvalue weighted by molar-refractivity contribution is -0.833. The predicted molar refractivity (Wildman–Crippen MR) is 124 cm³/mol. The van der Waals surface area contributed by atoms with Crippen LogP contribution in [0.3, 0.4) is 0 Å². The number of likely N-dealkylation sites (tertiary alicyclic amines) is 1. The summed E-state index contributed by atoms with van der Waals surface area (Å²) in [7, 11) is 1.85. The summed E-state index contributed by atoms with van der Waals surface area (Å²) in [6.45, 7) is 2.66. The van der Waals surface area contributed by atoms with E-state index in [9.17, 15) is 20.0 Å². The first-order valence-electron chi connectivity index (χ1n) is 11.4. The molecule has 3 atom stereocenters. The number of nitro groups is 1. The van der Waals surface area contributed by atoms with Gasteiger partial charge in [0.15, 0.2) is 0 Å². The lowest BCUT2D eigenvalue weighted by atomic mass is 10.0. The van der Waals surface area contributed by atoms with E-state index in [0.29, 0.717) is 48.0 Å². The van der Waals surface area contributed by atoms with Crippen LogP contribution < -0.4 is 15.0 Å². The van der Waals surface area contributed by atoms with Gasteiger partial charge in [-0.25, -0.2) is 4.79 Å². The lowest BCUT2D eigenvalue weighted by Crippen LogP contribution is -3.13. The van der Waals surface area contributed by atoms with Crippen molar-refractivity contribution in [1.82, 2.24) is 4.90 Å². The van der Waals surface area contributed by atoms with Gasteiger partial charge in [0.1, 0.15) is 11.8 Å². The van der Waals surface area contributed by atoms with Crippen LogP contribution in [0.4, 0.5) is 11.4 Å². The molecule has 1 amide bonds. The van der Waals surface area contributed by atoms with Gasteiger partial charge in [-0.15, -0.1) is 0 Å². The minimum absolute atomic E-state index is 0.0792. The number of aliphatic hydroxyl groups excluding tert-OH is 1. The van der Waals surface area contributed by atoms with Crippen LogP contribution in [0.5, 0.6) is 5.75 Å². The van der Waals surface area contributed by atoms with Gasteiger partial charge in [-0.2, -0.15) is 0 Å². The lowest BCUT2D eigenvalue weighted by Gasteiger charge is -2.28. The van der Waals surface area contributed by atoms with Crippen LogP contribution in [-0.4, -0.2) is 66.8 Å². The van der Waals surface area contributed by atoms with Gasteiger partial charge in [0.05, 0.1) is 35.9 Å². The number of nitrogens with zero attached hydrogens (tertiary/aromatic N) is 2. The molecule has 0 radical (unpaired) electrons. The minimum atomic E-state index is -0.377. The molecule has 3 N–H and O–H groups in total. The fourth-order valence-electron chi connectivity index (χ4n) is 4.70. The molecule has 2 aliphatic heterocycles. The van der Waals surface area contributed by atoms with Crippen LogP contribution in [0.15, 0.2) is 42.5 Å². The number of nitro benzene ring substituents is 1. The average Bonchev–Trinajstić information content (AvgIpc) is 3.25. The van der Waals surface area contributed by atoms with Crippen molar-refractivity contribution >= 4 is 17.3 Å². The van der Waals surface area contributed by atoms with Crippen molar-refractivity contribution in [2.75, 3.05) is 45.2 Å². The molecule has 1 saturated heterocycles. The Morgan fingerprint density at radius 2 is 2.12 bits per heavy atom. The molecule has 0 aliphatic carbocycles.